The maximum Gasteiger partial charge on any atom is 0.335 e. The van der Waals surface area contributed by atoms with Crippen LogP contribution in [0, 0.1) is 5.92 Å². The number of aromatic carboxylic acids is 1. The molecule has 102 valence electrons. The molecule has 19 heavy (non-hydrogen) atoms. The summed E-state index contributed by atoms with van der Waals surface area (Å²) in [7, 11) is 0. The maximum atomic E-state index is 10.7. The molecule has 0 unspecified atom stereocenters. The maximum absolute atomic E-state index is 10.7. The summed E-state index contributed by atoms with van der Waals surface area (Å²) in [6.07, 6.45) is 6.40. The molecule has 0 radical (unpaired) electrons. The largest absolute Gasteiger partial charge is 0.478 e. The molecule has 4 nitrogen and oxygen atoms in total. The zero-order valence-corrected chi connectivity index (χ0v) is 11.2. The highest BCUT2D eigenvalue weighted by molar-refractivity contribution is 5.88. The van der Waals surface area contributed by atoms with E-state index in [0.717, 1.165) is 11.4 Å². The van der Waals surface area contributed by atoms with Crippen LogP contribution in [0.15, 0.2) is 29.4 Å². The van der Waals surface area contributed by atoms with E-state index < -0.39 is 5.97 Å². The molecular weight excluding hydrogens is 240 g/mol. The lowest BCUT2D eigenvalue weighted by molar-refractivity contribution is 0.0697. The van der Waals surface area contributed by atoms with Gasteiger partial charge in [0.05, 0.1) is 11.3 Å². The number of nitrogens with zero attached hydrogens (tertiary/aromatic N) is 1. The van der Waals surface area contributed by atoms with Gasteiger partial charge in [0.1, 0.15) is 0 Å². The molecule has 0 saturated heterocycles. The number of rotatable bonds is 4. The lowest BCUT2D eigenvalue weighted by Crippen LogP contribution is -2.16. The van der Waals surface area contributed by atoms with Crippen LogP contribution in [-0.4, -0.2) is 16.8 Å². The first-order chi connectivity index (χ1) is 9.16. The van der Waals surface area contributed by atoms with Crippen molar-refractivity contribution < 1.29 is 9.90 Å². The average Bonchev–Trinajstić information content (AvgIpc) is 2.46. The van der Waals surface area contributed by atoms with Crippen molar-refractivity contribution in [1.82, 2.24) is 0 Å². The van der Waals surface area contributed by atoms with Gasteiger partial charge in [-0.1, -0.05) is 19.3 Å². The Morgan fingerprint density at radius 3 is 2.42 bits per heavy atom. The van der Waals surface area contributed by atoms with E-state index in [4.69, 9.17) is 5.11 Å². The van der Waals surface area contributed by atoms with Crippen molar-refractivity contribution in [1.29, 1.82) is 0 Å². The van der Waals surface area contributed by atoms with Gasteiger partial charge in [0.25, 0.3) is 0 Å². The molecule has 1 aromatic carbocycles. The SMILES string of the molecule is C/C(=N\Nc1ccc(C(=O)O)cc1)C1CCCCC1. The highest BCUT2D eigenvalue weighted by atomic mass is 16.4. The van der Waals surface area contributed by atoms with E-state index in [1.54, 1.807) is 24.3 Å². The van der Waals surface area contributed by atoms with E-state index in [1.807, 2.05) is 0 Å². The molecule has 0 aliphatic heterocycles. The van der Waals surface area contributed by atoms with Crippen molar-refractivity contribution in [2.24, 2.45) is 11.0 Å². The number of hydrogen-bond acceptors (Lipinski definition) is 3. The van der Waals surface area contributed by atoms with E-state index in [-0.39, 0.29) is 0 Å². The summed E-state index contributed by atoms with van der Waals surface area (Å²) in [5, 5.41) is 13.2. The topological polar surface area (TPSA) is 61.7 Å². The second-order valence-corrected chi connectivity index (χ2v) is 5.08. The first-order valence-electron chi connectivity index (χ1n) is 6.80. The minimum absolute atomic E-state index is 0.290. The van der Waals surface area contributed by atoms with E-state index in [9.17, 15) is 4.79 Å². The summed E-state index contributed by atoms with van der Waals surface area (Å²) < 4.78 is 0. The fourth-order valence-electron chi connectivity index (χ4n) is 2.45. The van der Waals surface area contributed by atoms with Crippen molar-refractivity contribution in [3.63, 3.8) is 0 Å². The molecule has 0 bridgehead atoms. The first-order valence-corrected chi connectivity index (χ1v) is 6.80. The molecule has 0 spiro atoms. The molecule has 1 saturated carbocycles. The molecule has 0 heterocycles. The Morgan fingerprint density at radius 1 is 1.21 bits per heavy atom. The Hall–Kier alpha value is -1.84. The minimum Gasteiger partial charge on any atom is -0.478 e. The number of carboxylic acids is 1. The summed E-state index contributed by atoms with van der Waals surface area (Å²) in [5.41, 5.74) is 5.25. The Bertz CT molecular complexity index is 460. The lowest BCUT2D eigenvalue weighted by atomic mass is 9.86. The van der Waals surface area contributed by atoms with Gasteiger partial charge in [-0.15, -0.1) is 0 Å². The van der Waals surface area contributed by atoms with Gasteiger partial charge in [-0.2, -0.15) is 5.10 Å². The summed E-state index contributed by atoms with van der Waals surface area (Å²) in [6.45, 7) is 2.06. The fourth-order valence-corrected chi connectivity index (χ4v) is 2.45. The molecule has 1 aliphatic carbocycles. The summed E-state index contributed by atoms with van der Waals surface area (Å²) >= 11 is 0. The summed E-state index contributed by atoms with van der Waals surface area (Å²) in [4.78, 5) is 10.7. The van der Waals surface area contributed by atoms with E-state index in [1.165, 1.54) is 32.1 Å². The molecule has 1 aliphatic rings. The van der Waals surface area contributed by atoms with Crippen LogP contribution in [0.2, 0.25) is 0 Å². The molecular formula is C15H20N2O2. The van der Waals surface area contributed by atoms with Crippen molar-refractivity contribution in [3.05, 3.63) is 29.8 Å². The quantitative estimate of drug-likeness (QED) is 0.640. The molecule has 0 atom stereocenters. The van der Waals surface area contributed by atoms with Crippen LogP contribution in [-0.2, 0) is 0 Å². The number of hydrogen-bond donors (Lipinski definition) is 2. The highest BCUT2D eigenvalue weighted by Crippen LogP contribution is 2.24. The predicted octanol–water partition coefficient (Wildman–Crippen LogP) is 3.75. The number of carbonyl (C=O) groups is 1. The third kappa shape index (κ3) is 3.81. The van der Waals surface area contributed by atoms with Crippen LogP contribution in [0.3, 0.4) is 0 Å². The van der Waals surface area contributed by atoms with E-state index >= 15 is 0 Å². The van der Waals surface area contributed by atoms with Crippen LogP contribution in [0.1, 0.15) is 49.4 Å². The third-order valence-electron chi connectivity index (χ3n) is 3.69. The zero-order chi connectivity index (χ0) is 13.7. The number of nitrogens with one attached hydrogen (secondary N) is 1. The predicted molar refractivity (Wildman–Crippen MR) is 76.7 cm³/mol. The van der Waals surface area contributed by atoms with Crippen molar-refractivity contribution in [2.75, 3.05) is 5.43 Å². The zero-order valence-electron chi connectivity index (χ0n) is 11.2. The van der Waals surface area contributed by atoms with Gasteiger partial charge < -0.3 is 5.11 Å². The van der Waals surface area contributed by atoms with Gasteiger partial charge in [0.2, 0.25) is 0 Å². The monoisotopic (exact) mass is 260 g/mol. The Balaban J connectivity index is 1.94. The van der Waals surface area contributed by atoms with E-state index in [2.05, 4.69) is 17.5 Å². The first kappa shape index (κ1) is 13.6. The van der Waals surface area contributed by atoms with Gasteiger partial charge in [0, 0.05) is 5.71 Å². The van der Waals surface area contributed by atoms with Crippen LogP contribution >= 0.6 is 0 Å². The molecule has 1 aromatic rings. The Kier molecular flexibility index (Phi) is 4.55. The summed E-state index contributed by atoms with van der Waals surface area (Å²) in [5.74, 6) is -0.312. The van der Waals surface area contributed by atoms with Crippen molar-refractivity contribution >= 4 is 17.4 Å². The van der Waals surface area contributed by atoms with Gasteiger partial charge in [-0.3, -0.25) is 5.43 Å². The van der Waals surface area contributed by atoms with Crippen LogP contribution < -0.4 is 5.43 Å². The Morgan fingerprint density at radius 2 is 1.84 bits per heavy atom. The smallest absolute Gasteiger partial charge is 0.335 e. The molecule has 0 amide bonds. The van der Waals surface area contributed by atoms with Crippen LogP contribution in [0.5, 0.6) is 0 Å². The van der Waals surface area contributed by atoms with E-state index in [0.29, 0.717) is 11.5 Å². The molecule has 4 heteroatoms. The van der Waals surface area contributed by atoms with Crippen LogP contribution in [0.25, 0.3) is 0 Å². The minimum atomic E-state index is -0.909. The highest BCUT2D eigenvalue weighted by Gasteiger charge is 2.15. The number of hydrazone groups is 1. The number of benzene rings is 1. The number of anilines is 1. The number of carboxylic acid groups (broad SMARTS) is 1. The van der Waals surface area contributed by atoms with Crippen LogP contribution in [0.4, 0.5) is 5.69 Å². The van der Waals surface area contributed by atoms with Gasteiger partial charge in [0.15, 0.2) is 0 Å². The van der Waals surface area contributed by atoms with Crippen molar-refractivity contribution in [2.45, 2.75) is 39.0 Å². The molecule has 2 rings (SSSR count). The normalized spacial score (nSPS) is 17.2. The van der Waals surface area contributed by atoms with Gasteiger partial charge in [-0.05, 0) is 49.9 Å². The standard InChI is InChI=1S/C15H20N2O2/c1-11(12-5-3-2-4-6-12)16-17-14-9-7-13(8-10-14)15(18)19/h7-10,12,17H,2-6H2,1H3,(H,18,19)/b16-11+. The Labute approximate surface area is 113 Å². The van der Waals surface area contributed by atoms with Gasteiger partial charge in [-0.25, -0.2) is 4.79 Å². The molecule has 1 fully saturated rings. The second kappa shape index (κ2) is 6.36. The summed E-state index contributed by atoms with van der Waals surface area (Å²) in [6, 6.07) is 6.63. The lowest BCUT2D eigenvalue weighted by Gasteiger charge is -2.21. The molecule has 0 aromatic heterocycles. The van der Waals surface area contributed by atoms with Crippen molar-refractivity contribution in [3.8, 4) is 0 Å². The van der Waals surface area contributed by atoms with Gasteiger partial charge >= 0.3 is 5.97 Å². The average molecular weight is 260 g/mol. The fraction of sp³-hybridized carbons (Fsp3) is 0.467. The molecule has 2 N–H and O–H groups in total. The third-order valence-corrected chi connectivity index (χ3v) is 3.69. The second-order valence-electron chi connectivity index (χ2n) is 5.08.